The van der Waals surface area contributed by atoms with Crippen molar-refractivity contribution in [3.63, 3.8) is 0 Å². The van der Waals surface area contributed by atoms with E-state index in [-0.39, 0.29) is 0 Å². The van der Waals surface area contributed by atoms with Crippen molar-refractivity contribution in [3.05, 3.63) is 22.8 Å². The second-order valence-electron chi connectivity index (χ2n) is 7.01. The maximum absolute atomic E-state index is 5.44. The van der Waals surface area contributed by atoms with Gasteiger partial charge in [-0.15, -0.1) is 11.3 Å². The normalized spacial score (nSPS) is 20.5. The van der Waals surface area contributed by atoms with Gasteiger partial charge < -0.3 is 19.4 Å². The van der Waals surface area contributed by atoms with Crippen LogP contribution in [0.25, 0.3) is 0 Å². The van der Waals surface area contributed by atoms with Crippen molar-refractivity contribution >= 4 is 28.2 Å². The molecule has 5 rings (SSSR count). The number of fused-ring (bicyclic) bond motifs is 1. The molecule has 2 aromatic heterocycles. The van der Waals surface area contributed by atoms with Gasteiger partial charge in [0.2, 0.25) is 5.95 Å². The number of ether oxygens (including phenoxy) is 1. The van der Waals surface area contributed by atoms with E-state index in [0.717, 1.165) is 70.7 Å². The van der Waals surface area contributed by atoms with E-state index in [1.807, 2.05) is 23.6 Å². The fourth-order valence-electron chi connectivity index (χ4n) is 3.87. The maximum Gasteiger partial charge on any atom is 0.227 e. The van der Waals surface area contributed by atoms with Crippen LogP contribution in [0.5, 0.6) is 0 Å². The summed E-state index contributed by atoms with van der Waals surface area (Å²) >= 11 is 1.89. The molecule has 3 aliphatic rings. The SMILES string of the molecule is c1cc(N2CCOCC2)nc(N2CCN(c3nc4c(s3)CCC4)CC2)n1. The third kappa shape index (κ3) is 3.12. The van der Waals surface area contributed by atoms with E-state index >= 15 is 0 Å². The lowest BCUT2D eigenvalue weighted by molar-refractivity contribution is 0.122. The molecule has 0 bridgehead atoms. The summed E-state index contributed by atoms with van der Waals surface area (Å²) in [4.78, 5) is 22.7. The molecule has 0 aromatic carbocycles. The summed E-state index contributed by atoms with van der Waals surface area (Å²) in [7, 11) is 0. The third-order valence-electron chi connectivity index (χ3n) is 5.38. The Hall–Kier alpha value is -1.93. The highest BCUT2D eigenvalue weighted by atomic mass is 32.1. The zero-order chi connectivity index (χ0) is 17.3. The van der Waals surface area contributed by atoms with Gasteiger partial charge in [0.1, 0.15) is 5.82 Å². The van der Waals surface area contributed by atoms with E-state index in [2.05, 4.69) is 19.7 Å². The standard InChI is InChI=1S/C18H24N6OS/c1-2-14-15(3-1)26-18(20-14)24-8-6-23(7-9-24)17-19-5-4-16(21-17)22-10-12-25-13-11-22/h4-5H,1-3,6-13H2. The minimum absolute atomic E-state index is 0.774. The highest BCUT2D eigenvalue weighted by Gasteiger charge is 2.24. The fourth-order valence-corrected chi connectivity index (χ4v) is 5.07. The van der Waals surface area contributed by atoms with E-state index < -0.39 is 0 Å². The summed E-state index contributed by atoms with van der Waals surface area (Å²) in [6.45, 7) is 7.20. The Bertz CT molecular complexity index is 745. The van der Waals surface area contributed by atoms with Crippen molar-refractivity contribution in [1.82, 2.24) is 15.0 Å². The molecule has 0 N–H and O–H groups in total. The Morgan fingerprint density at radius 1 is 0.885 bits per heavy atom. The average Bonchev–Trinajstić information content (AvgIpc) is 3.31. The van der Waals surface area contributed by atoms with Gasteiger partial charge in [-0.25, -0.2) is 9.97 Å². The van der Waals surface area contributed by atoms with Gasteiger partial charge in [-0.05, 0) is 25.3 Å². The van der Waals surface area contributed by atoms with Crippen LogP contribution in [0.3, 0.4) is 0 Å². The molecule has 2 fully saturated rings. The van der Waals surface area contributed by atoms with Crippen molar-refractivity contribution in [1.29, 1.82) is 0 Å². The van der Waals surface area contributed by atoms with Crippen molar-refractivity contribution in [2.75, 3.05) is 67.2 Å². The number of thiazole rings is 1. The number of rotatable bonds is 3. The summed E-state index contributed by atoms with van der Waals surface area (Å²) in [5.74, 6) is 1.85. The Labute approximate surface area is 157 Å². The highest BCUT2D eigenvalue weighted by Crippen LogP contribution is 2.33. The van der Waals surface area contributed by atoms with Gasteiger partial charge in [-0.2, -0.15) is 4.98 Å². The Morgan fingerprint density at radius 2 is 1.69 bits per heavy atom. The van der Waals surface area contributed by atoms with Crippen LogP contribution in [-0.4, -0.2) is 67.4 Å². The van der Waals surface area contributed by atoms with Crippen LogP contribution in [0.4, 0.5) is 16.9 Å². The molecular formula is C18H24N6OS. The zero-order valence-corrected chi connectivity index (χ0v) is 15.7. The molecule has 8 heteroatoms. The van der Waals surface area contributed by atoms with E-state index in [9.17, 15) is 0 Å². The van der Waals surface area contributed by atoms with Crippen LogP contribution < -0.4 is 14.7 Å². The molecule has 0 saturated carbocycles. The predicted octanol–water partition coefficient (Wildman–Crippen LogP) is 1.58. The first kappa shape index (κ1) is 16.3. The summed E-state index contributed by atoms with van der Waals surface area (Å²) in [6, 6.07) is 2.00. The van der Waals surface area contributed by atoms with Crippen LogP contribution in [0.1, 0.15) is 17.0 Å². The Morgan fingerprint density at radius 3 is 2.50 bits per heavy atom. The zero-order valence-electron chi connectivity index (χ0n) is 14.9. The number of aromatic nitrogens is 3. The van der Waals surface area contributed by atoms with Crippen molar-refractivity contribution in [2.24, 2.45) is 0 Å². The van der Waals surface area contributed by atoms with Gasteiger partial charge in [-0.3, -0.25) is 0 Å². The molecule has 2 saturated heterocycles. The first-order chi connectivity index (χ1) is 12.9. The quantitative estimate of drug-likeness (QED) is 0.811. The molecule has 1 aliphatic carbocycles. The first-order valence-electron chi connectivity index (χ1n) is 9.51. The molecule has 2 aromatic rings. The fraction of sp³-hybridized carbons (Fsp3) is 0.611. The van der Waals surface area contributed by atoms with Crippen molar-refractivity contribution < 1.29 is 4.74 Å². The highest BCUT2D eigenvalue weighted by molar-refractivity contribution is 7.15. The van der Waals surface area contributed by atoms with E-state index in [0.29, 0.717) is 0 Å². The van der Waals surface area contributed by atoms with Gasteiger partial charge >= 0.3 is 0 Å². The van der Waals surface area contributed by atoms with Crippen molar-refractivity contribution in [2.45, 2.75) is 19.3 Å². The topological polar surface area (TPSA) is 57.6 Å². The van der Waals surface area contributed by atoms with Crippen molar-refractivity contribution in [3.8, 4) is 0 Å². The molecule has 0 amide bonds. The Balaban J connectivity index is 1.25. The Kier molecular flexibility index (Phi) is 4.38. The minimum atomic E-state index is 0.774. The summed E-state index contributed by atoms with van der Waals surface area (Å²) < 4.78 is 5.44. The van der Waals surface area contributed by atoms with Gasteiger partial charge in [0.05, 0.1) is 18.9 Å². The molecule has 26 heavy (non-hydrogen) atoms. The lowest BCUT2D eigenvalue weighted by Gasteiger charge is -2.35. The lowest BCUT2D eigenvalue weighted by Crippen LogP contribution is -2.47. The number of anilines is 3. The van der Waals surface area contributed by atoms with Crippen LogP contribution in [0.15, 0.2) is 12.3 Å². The smallest absolute Gasteiger partial charge is 0.227 e. The van der Waals surface area contributed by atoms with E-state index in [1.165, 1.54) is 28.5 Å². The van der Waals surface area contributed by atoms with Crippen LogP contribution in [-0.2, 0) is 17.6 Å². The largest absolute Gasteiger partial charge is 0.378 e. The van der Waals surface area contributed by atoms with E-state index in [4.69, 9.17) is 14.7 Å². The summed E-state index contributed by atoms with van der Waals surface area (Å²) in [5, 5.41) is 1.21. The number of piperazine rings is 1. The molecule has 4 heterocycles. The summed E-state index contributed by atoms with van der Waals surface area (Å²) in [5.41, 5.74) is 1.34. The molecule has 138 valence electrons. The van der Waals surface area contributed by atoms with Gasteiger partial charge in [0.25, 0.3) is 0 Å². The monoisotopic (exact) mass is 372 g/mol. The number of nitrogens with zero attached hydrogens (tertiary/aromatic N) is 6. The van der Waals surface area contributed by atoms with Gasteiger partial charge in [0.15, 0.2) is 5.13 Å². The molecule has 0 atom stereocenters. The number of hydrogen-bond acceptors (Lipinski definition) is 8. The molecule has 0 spiro atoms. The maximum atomic E-state index is 5.44. The van der Waals surface area contributed by atoms with Gasteiger partial charge in [0, 0.05) is 50.3 Å². The number of aryl methyl sites for hydroxylation is 2. The minimum Gasteiger partial charge on any atom is -0.378 e. The predicted molar refractivity (Wildman–Crippen MR) is 104 cm³/mol. The second-order valence-corrected chi connectivity index (χ2v) is 8.07. The molecule has 2 aliphatic heterocycles. The molecule has 7 nitrogen and oxygen atoms in total. The second kappa shape index (κ2) is 7.00. The summed E-state index contributed by atoms with van der Waals surface area (Å²) in [6.07, 6.45) is 5.53. The first-order valence-corrected chi connectivity index (χ1v) is 10.3. The van der Waals surface area contributed by atoms with Crippen LogP contribution in [0, 0.1) is 0 Å². The molecule has 0 radical (unpaired) electrons. The number of morpholine rings is 1. The lowest BCUT2D eigenvalue weighted by atomic mass is 10.3. The van der Waals surface area contributed by atoms with Gasteiger partial charge in [-0.1, -0.05) is 0 Å². The van der Waals surface area contributed by atoms with E-state index in [1.54, 1.807) is 0 Å². The molecule has 0 unspecified atom stereocenters. The van der Waals surface area contributed by atoms with Crippen LogP contribution >= 0.6 is 11.3 Å². The van der Waals surface area contributed by atoms with Crippen LogP contribution in [0.2, 0.25) is 0 Å². The third-order valence-corrected chi connectivity index (χ3v) is 6.60. The number of hydrogen-bond donors (Lipinski definition) is 0. The average molecular weight is 372 g/mol. The molecular weight excluding hydrogens is 348 g/mol.